The lowest BCUT2D eigenvalue weighted by molar-refractivity contribution is 0.406. The highest BCUT2D eigenvalue weighted by molar-refractivity contribution is 7.98. The Balaban J connectivity index is 2.61. The molecule has 0 aromatic heterocycles. The van der Waals surface area contributed by atoms with Crippen molar-refractivity contribution < 1.29 is 4.74 Å². The van der Waals surface area contributed by atoms with E-state index in [4.69, 9.17) is 16.3 Å². The average molecular weight is 260 g/mol. The van der Waals surface area contributed by atoms with E-state index in [9.17, 15) is 0 Å². The summed E-state index contributed by atoms with van der Waals surface area (Å²) in [4.78, 5) is 0. The van der Waals surface area contributed by atoms with E-state index in [2.05, 4.69) is 18.5 Å². The molecular weight excluding hydrogens is 242 g/mol. The molecule has 0 fully saturated rings. The predicted octanol–water partition coefficient (Wildman–Crippen LogP) is 3.19. The van der Waals surface area contributed by atoms with Crippen molar-refractivity contribution in [1.29, 1.82) is 0 Å². The van der Waals surface area contributed by atoms with Gasteiger partial charge in [-0.05, 0) is 31.4 Å². The number of benzene rings is 1. The van der Waals surface area contributed by atoms with Crippen molar-refractivity contribution in [2.45, 2.75) is 19.5 Å². The summed E-state index contributed by atoms with van der Waals surface area (Å²) in [6, 6.07) is 6.17. The smallest absolute Gasteiger partial charge is 0.123 e. The first-order chi connectivity index (χ1) is 7.67. The number of hydrogen-bond acceptors (Lipinski definition) is 3. The molecule has 1 unspecified atom stereocenters. The first kappa shape index (κ1) is 13.7. The van der Waals surface area contributed by atoms with Crippen molar-refractivity contribution in [3.63, 3.8) is 0 Å². The Hall–Kier alpha value is -0.380. The molecule has 0 aliphatic rings. The average Bonchev–Trinajstić information content (AvgIpc) is 2.27. The molecule has 0 aliphatic heterocycles. The monoisotopic (exact) mass is 259 g/mol. The molecule has 16 heavy (non-hydrogen) atoms. The maximum Gasteiger partial charge on any atom is 0.123 e. The number of halogens is 1. The number of rotatable bonds is 6. The molecule has 1 atom stereocenters. The van der Waals surface area contributed by atoms with Crippen LogP contribution < -0.4 is 10.1 Å². The van der Waals surface area contributed by atoms with Crippen molar-refractivity contribution >= 4 is 23.4 Å². The Bertz CT molecular complexity index is 333. The number of nitrogens with one attached hydrogen (secondary N) is 1. The summed E-state index contributed by atoms with van der Waals surface area (Å²) < 4.78 is 5.29. The summed E-state index contributed by atoms with van der Waals surface area (Å²) in [5.74, 6) is 1.98. The van der Waals surface area contributed by atoms with E-state index in [0.717, 1.165) is 28.6 Å². The highest BCUT2D eigenvalue weighted by atomic mass is 35.5. The van der Waals surface area contributed by atoms with Crippen molar-refractivity contribution in [3.05, 3.63) is 28.8 Å². The fourth-order valence-corrected chi connectivity index (χ4v) is 2.29. The maximum absolute atomic E-state index is 5.96. The van der Waals surface area contributed by atoms with Crippen LogP contribution in [0.5, 0.6) is 5.75 Å². The Morgan fingerprint density at radius 2 is 2.25 bits per heavy atom. The molecule has 90 valence electrons. The van der Waals surface area contributed by atoms with Gasteiger partial charge >= 0.3 is 0 Å². The molecule has 0 amide bonds. The summed E-state index contributed by atoms with van der Waals surface area (Å²) >= 11 is 7.80. The summed E-state index contributed by atoms with van der Waals surface area (Å²) in [6.45, 7) is 2.96. The van der Waals surface area contributed by atoms with E-state index in [1.165, 1.54) is 0 Å². The second kappa shape index (κ2) is 7.05. The summed E-state index contributed by atoms with van der Waals surface area (Å²) in [6.07, 6.45) is 2.11. The Labute approximate surface area is 107 Å². The standard InChI is InChI=1S/C12H18ClNOS/c1-9(8-16-3)14-7-10-6-11(13)4-5-12(10)15-2/h4-6,9,14H,7-8H2,1-3H3. The van der Waals surface area contributed by atoms with Crippen LogP contribution in [0.3, 0.4) is 0 Å². The second-order valence-corrected chi connectivity index (χ2v) is 5.04. The van der Waals surface area contributed by atoms with Crippen LogP contribution in [0.2, 0.25) is 5.02 Å². The van der Waals surface area contributed by atoms with Crippen LogP contribution in [-0.2, 0) is 6.54 Å². The Morgan fingerprint density at radius 1 is 1.50 bits per heavy atom. The van der Waals surface area contributed by atoms with Gasteiger partial charge < -0.3 is 10.1 Å². The van der Waals surface area contributed by atoms with Crippen LogP contribution >= 0.6 is 23.4 Å². The Kier molecular flexibility index (Phi) is 6.03. The van der Waals surface area contributed by atoms with E-state index in [-0.39, 0.29) is 0 Å². The zero-order valence-electron chi connectivity index (χ0n) is 9.92. The fraction of sp³-hybridized carbons (Fsp3) is 0.500. The number of thioether (sulfide) groups is 1. The molecule has 1 aromatic carbocycles. The molecule has 1 N–H and O–H groups in total. The largest absolute Gasteiger partial charge is 0.496 e. The molecule has 0 bridgehead atoms. The van der Waals surface area contributed by atoms with Gasteiger partial charge in [-0.2, -0.15) is 11.8 Å². The molecule has 1 rings (SSSR count). The SMILES string of the molecule is COc1ccc(Cl)cc1CNC(C)CSC. The summed E-state index contributed by atoms with van der Waals surface area (Å²) in [5, 5.41) is 4.19. The van der Waals surface area contributed by atoms with Gasteiger partial charge in [-0.3, -0.25) is 0 Å². The lowest BCUT2D eigenvalue weighted by Gasteiger charge is -2.14. The number of methoxy groups -OCH3 is 1. The lowest BCUT2D eigenvalue weighted by atomic mass is 10.2. The van der Waals surface area contributed by atoms with E-state index in [0.29, 0.717) is 6.04 Å². The zero-order chi connectivity index (χ0) is 12.0. The molecule has 0 radical (unpaired) electrons. The van der Waals surface area contributed by atoms with Gasteiger partial charge in [-0.15, -0.1) is 0 Å². The van der Waals surface area contributed by atoms with E-state index < -0.39 is 0 Å². The molecule has 0 spiro atoms. The van der Waals surface area contributed by atoms with Gasteiger partial charge in [0, 0.05) is 28.9 Å². The minimum Gasteiger partial charge on any atom is -0.496 e. The number of hydrogen-bond donors (Lipinski definition) is 1. The third kappa shape index (κ3) is 4.24. The topological polar surface area (TPSA) is 21.3 Å². The quantitative estimate of drug-likeness (QED) is 0.848. The third-order valence-corrected chi connectivity index (χ3v) is 3.37. The highest BCUT2D eigenvalue weighted by Gasteiger charge is 2.05. The third-order valence-electron chi connectivity index (χ3n) is 2.30. The first-order valence-electron chi connectivity index (χ1n) is 5.22. The van der Waals surface area contributed by atoms with Crippen molar-refractivity contribution in [2.24, 2.45) is 0 Å². The second-order valence-electron chi connectivity index (χ2n) is 3.69. The van der Waals surface area contributed by atoms with Crippen LogP contribution in [-0.4, -0.2) is 25.2 Å². The van der Waals surface area contributed by atoms with Gasteiger partial charge in [0.05, 0.1) is 7.11 Å². The zero-order valence-corrected chi connectivity index (χ0v) is 11.5. The molecule has 0 saturated heterocycles. The molecule has 1 aromatic rings. The van der Waals surface area contributed by atoms with Gasteiger partial charge in [0.1, 0.15) is 5.75 Å². The predicted molar refractivity (Wildman–Crippen MR) is 72.7 cm³/mol. The molecule has 0 aliphatic carbocycles. The van der Waals surface area contributed by atoms with Crippen LogP contribution in [0.4, 0.5) is 0 Å². The molecule has 2 nitrogen and oxygen atoms in total. The van der Waals surface area contributed by atoms with Gasteiger partial charge in [0.25, 0.3) is 0 Å². The van der Waals surface area contributed by atoms with Gasteiger partial charge in [0.2, 0.25) is 0 Å². The molecule has 0 heterocycles. The van der Waals surface area contributed by atoms with E-state index >= 15 is 0 Å². The first-order valence-corrected chi connectivity index (χ1v) is 6.99. The molecule has 4 heteroatoms. The van der Waals surface area contributed by atoms with Crippen molar-refractivity contribution in [2.75, 3.05) is 19.1 Å². The minimum atomic E-state index is 0.485. The van der Waals surface area contributed by atoms with Crippen molar-refractivity contribution in [3.8, 4) is 5.75 Å². The van der Waals surface area contributed by atoms with Crippen LogP contribution in [0.1, 0.15) is 12.5 Å². The van der Waals surface area contributed by atoms with E-state index in [1.54, 1.807) is 7.11 Å². The number of ether oxygens (including phenoxy) is 1. The van der Waals surface area contributed by atoms with Crippen molar-refractivity contribution in [1.82, 2.24) is 5.32 Å². The lowest BCUT2D eigenvalue weighted by Crippen LogP contribution is -2.27. The van der Waals surface area contributed by atoms with Gasteiger partial charge in [-0.1, -0.05) is 11.6 Å². The van der Waals surface area contributed by atoms with Crippen LogP contribution in [0.15, 0.2) is 18.2 Å². The van der Waals surface area contributed by atoms with Gasteiger partial charge in [0.15, 0.2) is 0 Å². The van der Waals surface area contributed by atoms with Crippen LogP contribution in [0, 0.1) is 0 Å². The summed E-state index contributed by atoms with van der Waals surface area (Å²) in [7, 11) is 1.68. The van der Waals surface area contributed by atoms with Crippen LogP contribution in [0.25, 0.3) is 0 Å². The highest BCUT2D eigenvalue weighted by Crippen LogP contribution is 2.22. The maximum atomic E-state index is 5.96. The Morgan fingerprint density at radius 3 is 2.88 bits per heavy atom. The van der Waals surface area contributed by atoms with Gasteiger partial charge in [-0.25, -0.2) is 0 Å². The normalized spacial score (nSPS) is 12.5. The van der Waals surface area contributed by atoms with E-state index in [1.807, 2.05) is 30.0 Å². The summed E-state index contributed by atoms with van der Waals surface area (Å²) in [5.41, 5.74) is 1.10. The molecular formula is C12H18ClNOS. The minimum absolute atomic E-state index is 0.485. The molecule has 0 saturated carbocycles. The fourth-order valence-electron chi connectivity index (χ4n) is 1.48.